The molecule has 2 N–H and O–H groups in total. The van der Waals surface area contributed by atoms with Crippen molar-refractivity contribution in [2.45, 2.75) is 39.0 Å². The molecule has 0 aliphatic carbocycles. The number of para-hydroxylation sites is 1. The van der Waals surface area contributed by atoms with E-state index in [9.17, 15) is 14.7 Å². The Morgan fingerprint density at radius 3 is 2.62 bits per heavy atom. The standard InChI is InChI=1S/C18H23N3O3/c1-2-3-7-14(18(23)24)10-11-17(22)19-16-12-13-21(20-16)15-8-5-4-6-9-15/h4-6,8-9,12-14H,2-3,7,10-11H2,1H3,(H,23,24)(H,19,20,22)/t14-/m0/s1. The molecular formula is C18H23N3O3. The molecule has 0 aliphatic rings. The second-order valence-corrected chi connectivity index (χ2v) is 5.75. The molecule has 1 aromatic heterocycles. The lowest BCUT2D eigenvalue weighted by molar-refractivity contribution is -0.142. The van der Waals surface area contributed by atoms with Crippen molar-refractivity contribution in [1.82, 2.24) is 9.78 Å². The van der Waals surface area contributed by atoms with Crippen molar-refractivity contribution in [3.8, 4) is 5.69 Å². The molecule has 0 bridgehead atoms. The summed E-state index contributed by atoms with van der Waals surface area (Å²) in [6.07, 6.45) is 4.72. The lowest BCUT2D eigenvalue weighted by atomic mass is 9.97. The lowest BCUT2D eigenvalue weighted by Gasteiger charge is -2.11. The topological polar surface area (TPSA) is 84.2 Å². The van der Waals surface area contributed by atoms with Gasteiger partial charge in [0, 0.05) is 18.7 Å². The van der Waals surface area contributed by atoms with Gasteiger partial charge in [-0.05, 0) is 25.0 Å². The van der Waals surface area contributed by atoms with Crippen molar-refractivity contribution < 1.29 is 14.7 Å². The van der Waals surface area contributed by atoms with Gasteiger partial charge in [0.2, 0.25) is 5.91 Å². The first kappa shape index (κ1) is 17.7. The summed E-state index contributed by atoms with van der Waals surface area (Å²) in [6, 6.07) is 11.3. The van der Waals surface area contributed by atoms with E-state index in [2.05, 4.69) is 10.4 Å². The number of unbranched alkanes of at least 4 members (excludes halogenated alkanes) is 1. The molecule has 0 radical (unpaired) electrons. The zero-order chi connectivity index (χ0) is 17.4. The Hall–Kier alpha value is -2.63. The van der Waals surface area contributed by atoms with E-state index in [0.29, 0.717) is 18.7 Å². The number of carboxylic acids is 1. The van der Waals surface area contributed by atoms with Crippen LogP contribution in [0.15, 0.2) is 42.6 Å². The monoisotopic (exact) mass is 329 g/mol. The van der Waals surface area contributed by atoms with E-state index in [4.69, 9.17) is 0 Å². The number of nitrogens with one attached hydrogen (secondary N) is 1. The van der Waals surface area contributed by atoms with Crippen LogP contribution in [0.2, 0.25) is 0 Å². The van der Waals surface area contributed by atoms with Crippen LogP contribution in [-0.2, 0) is 9.59 Å². The molecule has 0 aliphatic heterocycles. The minimum Gasteiger partial charge on any atom is -0.481 e. The molecule has 2 aromatic rings. The first-order valence-electron chi connectivity index (χ1n) is 8.24. The van der Waals surface area contributed by atoms with Crippen LogP contribution < -0.4 is 5.32 Å². The summed E-state index contributed by atoms with van der Waals surface area (Å²) < 4.78 is 1.68. The fraction of sp³-hybridized carbons (Fsp3) is 0.389. The SMILES string of the molecule is CCCC[C@@H](CCC(=O)Nc1ccn(-c2ccccc2)n1)C(=O)O. The Morgan fingerprint density at radius 2 is 1.96 bits per heavy atom. The third-order valence-corrected chi connectivity index (χ3v) is 3.85. The maximum absolute atomic E-state index is 12.0. The fourth-order valence-corrected chi connectivity index (χ4v) is 2.47. The number of nitrogens with zero attached hydrogens (tertiary/aromatic N) is 2. The summed E-state index contributed by atoms with van der Waals surface area (Å²) in [7, 11) is 0. The smallest absolute Gasteiger partial charge is 0.306 e. The summed E-state index contributed by atoms with van der Waals surface area (Å²) in [5.74, 6) is -1.04. The number of carbonyl (C=O) groups excluding carboxylic acids is 1. The summed E-state index contributed by atoms with van der Waals surface area (Å²) >= 11 is 0. The van der Waals surface area contributed by atoms with E-state index in [1.807, 2.05) is 37.3 Å². The van der Waals surface area contributed by atoms with E-state index in [1.54, 1.807) is 16.9 Å². The van der Waals surface area contributed by atoms with Gasteiger partial charge in [-0.25, -0.2) is 4.68 Å². The Labute approximate surface area is 141 Å². The molecule has 0 spiro atoms. The van der Waals surface area contributed by atoms with Gasteiger partial charge in [-0.1, -0.05) is 38.0 Å². The van der Waals surface area contributed by atoms with E-state index in [-0.39, 0.29) is 12.3 Å². The highest BCUT2D eigenvalue weighted by Crippen LogP contribution is 2.16. The maximum Gasteiger partial charge on any atom is 0.306 e. The van der Waals surface area contributed by atoms with Crippen LogP contribution >= 0.6 is 0 Å². The number of carboxylic acid groups (broad SMARTS) is 1. The van der Waals surface area contributed by atoms with Gasteiger partial charge < -0.3 is 10.4 Å². The van der Waals surface area contributed by atoms with Crippen molar-refractivity contribution in [2.75, 3.05) is 5.32 Å². The predicted octanol–water partition coefficient (Wildman–Crippen LogP) is 3.48. The average Bonchev–Trinajstić information content (AvgIpc) is 3.04. The van der Waals surface area contributed by atoms with Crippen LogP contribution in [0.1, 0.15) is 39.0 Å². The molecule has 0 unspecified atom stereocenters. The number of anilines is 1. The highest BCUT2D eigenvalue weighted by atomic mass is 16.4. The van der Waals surface area contributed by atoms with E-state index >= 15 is 0 Å². The molecule has 2 rings (SSSR count). The quantitative estimate of drug-likeness (QED) is 0.737. The largest absolute Gasteiger partial charge is 0.481 e. The number of carbonyl (C=O) groups is 2. The van der Waals surface area contributed by atoms with Crippen LogP contribution in [-0.4, -0.2) is 26.8 Å². The molecule has 6 nitrogen and oxygen atoms in total. The predicted molar refractivity (Wildman–Crippen MR) is 92.1 cm³/mol. The van der Waals surface area contributed by atoms with Gasteiger partial charge in [0.25, 0.3) is 0 Å². The first-order chi connectivity index (χ1) is 11.6. The van der Waals surface area contributed by atoms with Crippen LogP contribution in [0.3, 0.4) is 0 Å². The molecule has 6 heteroatoms. The maximum atomic E-state index is 12.0. The van der Waals surface area contributed by atoms with E-state index in [0.717, 1.165) is 18.5 Å². The highest BCUT2D eigenvalue weighted by Gasteiger charge is 2.18. The minimum absolute atomic E-state index is 0.179. The number of rotatable bonds is 9. The van der Waals surface area contributed by atoms with Gasteiger partial charge in [0.1, 0.15) is 0 Å². The second kappa shape index (κ2) is 8.86. The zero-order valence-corrected chi connectivity index (χ0v) is 13.8. The van der Waals surface area contributed by atoms with Crippen molar-refractivity contribution in [2.24, 2.45) is 5.92 Å². The third-order valence-electron chi connectivity index (χ3n) is 3.85. The average molecular weight is 329 g/mol. The molecule has 1 atom stereocenters. The van der Waals surface area contributed by atoms with Crippen LogP contribution in [0.25, 0.3) is 5.69 Å². The molecule has 0 saturated heterocycles. The fourth-order valence-electron chi connectivity index (χ4n) is 2.47. The molecule has 1 aromatic carbocycles. The highest BCUT2D eigenvalue weighted by molar-refractivity contribution is 5.90. The normalized spacial score (nSPS) is 11.9. The van der Waals surface area contributed by atoms with Gasteiger partial charge in [0.15, 0.2) is 5.82 Å². The molecule has 1 amide bonds. The molecular weight excluding hydrogens is 306 g/mol. The summed E-state index contributed by atoms with van der Waals surface area (Å²) in [5.41, 5.74) is 0.906. The molecule has 0 fully saturated rings. The van der Waals surface area contributed by atoms with Gasteiger partial charge >= 0.3 is 5.97 Å². The third kappa shape index (κ3) is 5.22. The first-order valence-corrected chi connectivity index (χ1v) is 8.24. The van der Waals surface area contributed by atoms with Crippen LogP contribution in [0.5, 0.6) is 0 Å². The Balaban J connectivity index is 1.86. The van der Waals surface area contributed by atoms with Crippen LogP contribution in [0.4, 0.5) is 5.82 Å². The summed E-state index contributed by atoms with van der Waals surface area (Å²) in [4.78, 5) is 23.2. The Morgan fingerprint density at radius 1 is 1.21 bits per heavy atom. The lowest BCUT2D eigenvalue weighted by Crippen LogP contribution is -2.18. The summed E-state index contributed by atoms with van der Waals surface area (Å²) in [5, 5.41) is 16.2. The number of aromatic nitrogens is 2. The number of hydrogen-bond donors (Lipinski definition) is 2. The van der Waals surface area contributed by atoms with Crippen molar-refractivity contribution in [3.05, 3.63) is 42.6 Å². The molecule has 0 saturated carbocycles. The number of hydrogen-bond acceptors (Lipinski definition) is 3. The van der Waals surface area contributed by atoms with Crippen molar-refractivity contribution >= 4 is 17.7 Å². The van der Waals surface area contributed by atoms with Gasteiger partial charge in [-0.3, -0.25) is 9.59 Å². The zero-order valence-electron chi connectivity index (χ0n) is 13.8. The number of amides is 1. The number of aliphatic carboxylic acids is 1. The molecule has 24 heavy (non-hydrogen) atoms. The number of benzene rings is 1. The van der Waals surface area contributed by atoms with Gasteiger partial charge in [-0.15, -0.1) is 0 Å². The van der Waals surface area contributed by atoms with E-state index < -0.39 is 11.9 Å². The molecule has 128 valence electrons. The molecule has 1 heterocycles. The second-order valence-electron chi connectivity index (χ2n) is 5.75. The van der Waals surface area contributed by atoms with E-state index in [1.165, 1.54) is 0 Å². The van der Waals surface area contributed by atoms with Crippen molar-refractivity contribution in [1.29, 1.82) is 0 Å². The van der Waals surface area contributed by atoms with Gasteiger partial charge in [-0.2, -0.15) is 5.10 Å². The Bertz CT molecular complexity index is 667. The van der Waals surface area contributed by atoms with Crippen LogP contribution in [0, 0.1) is 5.92 Å². The summed E-state index contributed by atoms with van der Waals surface area (Å²) in [6.45, 7) is 2.02. The Kier molecular flexibility index (Phi) is 6.54. The van der Waals surface area contributed by atoms with Crippen molar-refractivity contribution in [3.63, 3.8) is 0 Å². The van der Waals surface area contributed by atoms with Gasteiger partial charge in [0.05, 0.1) is 11.6 Å². The minimum atomic E-state index is -0.829.